The van der Waals surface area contributed by atoms with Crippen LogP contribution < -0.4 is 0 Å². The summed E-state index contributed by atoms with van der Waals surface area (Å²) in [5, 5.41) is 0. The summed E-state index contributed by atoms with van der Waals surface area (Å²) in [5.41, 5.74) is 4.73. The summed E-state index contributed by atoms with van der Waals surface area (Å²) in [6, 6.07) is 8.65. The van der Waals surface area contributed by atoms with Crippen molar-refractivity contribution in [2.45, 2.75) is 32.1 Å². The molecule has 3 heteroatoms. The summed E-state index contributed by atoms with van der Waals surface area (Å²) in [6.07, 6.45) is 6.87. The molecule has 1 aliphatic carbocycles. The van der Waals surface area contributed by atoms with Crippen LogP contribution >= 0.6 is 0 Å². The van der Waals surface area contributed by atoms with Crippen molar-refractivity contribution in [1.29, 1.82) is 0 Å². The smallest absolute Gasteiger partial charge is 0.336 e. The Kier molecular flexibility index (Phi) is 3.13. The lowest BCUT2D eigenvalue weighted by Crippen LogP contribution is -2.27. The number of rotatable bonds is 1. The van der Waals surface area contributed by atoms with Gasteiger partial charge >= 0.3 is 5.97 Å². The van der Waals surface area contributed by atoms with E-state index >= 15 is 0 Å². The van der Waals surface area contributed by atoms with Crippen molar-refractivity contribution in [3.63, 3.8) is 0 Å². The zero-order valence-electron chi connectivity index (χ0n) is 12.0. The molecule has 0 N–H and O–H groups in total. The molecule has 2 heterocycles. The molecule has 0 bridgehead atoms. The van der Waals surface area contributed by atoms with Gasteiger partial charge in [0.2, 0.25) is 0 Å². The van der Waals surface area contributed by atoms with Gasteiger partial charge in [0.05, 0.1) is 17.9 Å². The van der Waals surface area contributed by atoms with Crippen LogP contribution in [0.25, 0.3) is 0 Å². The van der Waals surface area contributed by atoms with Gasteiger partial charge in [0.1, 0.15) is 0 Å². The van der Waals surface area contributed by atoms with Gasteiger partial charge in [-0.05, 0) is 48.6 Å². The Morgan fingerprint density at radius 2 is 1.90 bits per heavy atom. The van der Waals surface area contributed by atoms with Gasteiger partial charge in [-0.1, -0.05) is 24.3 Å². The molecule has 0 saturated carbocycles. The summed E-state index contributed by atoms with van der Waals surface area (Å²) < 4.78 is 5.30. The molecule has 2 aliphatic heterocycles. The van der Waals surface area contributed by atoms with Gasteiger partial charge in [-0.25, -0.2) is 4.79 Å². The molecule has 0 amide bonds. The van der Waals surface area contributed by atoms with E-state index in [1.807, 2.05) is 6.21 Å². The van der Waals surface area contributed by atoms with Gasteiger partial charge in [-0.15, -0.1) is 0 Å². The van der Waals surface area contributed by atoms with Crippen molar-refractivity contribution in [3.05, 3.63) is 46.7 Å². The summed E-state index contributed by atoms with van der Waals surface area (Å²) in [5.74, 6) is 0.679. The maximum absolute atomic E-state index is 12.3. The number of benzene rings is 1. The van der Waals surface area contributed by atoms with Crippen LogP contribution in [0.3, 0.4) is 0 Å². The number of ether oxygens (including phenoxy) is 1. The normalized spacial score (nSPS) is 25.3. The minimum absolute atomic E-state index is 0.128. The Bertz CT molecular complexity index is 619. The molecule has 0 fully saturated rings. The Morgan fingerprint density at radius 1 is 1.14 bits per heavy atom. The van der Waals surface area contributed by atoms with Crippen LogP contribution in [0.15, 0.2) is 40.5 Å². The van der Waals surface area contributed by atoms with E-state index < -0.39 is 0 Å². The summed E-state index contributed by atoms with van der Waals surface area (Å²) in [7, 11) is 0. The Balaban J connectivity index is 1.67. The van der Waals surface area contributed by atoms with Gasteiger partial charge in [0.25, 0.3) is 0 Å². The number of carbonyl (C=O) groups is 1. The summed E-state index contributed by atoms with van der Waals surface area (Å²) >= 11 is 0. The second-order valence-corrected chi connectivity index (χ2v) is 6.18. The first-order chi connectivity index (χ1) is 10.3. The van der Waals surface area contributed by atoms with Crippen molar-refractivity contribution in [2.75, 3.05) is 6.61 Å². The van der Waals surface area contributed by atoms with Gasteiger partial charge in [-0.2, -0.15) is 0 Å². The van der Waals surface area contributed by atoms with E-state index in [1.165, 1.54) is 11.1 Å². The SMILES string of the molecule is O=C1OCCC2=C1C(C1Cc3ccccc3C1)CCC=N2. The van der Waals surface area contributed by atoms with Gasteiger partial charge < -0.3 is 4.74 Å². The topological polar surface area (TPSA) is 38.7 Å². The molecule has 1 atom stereocenters. The van der Waals surface area contributed by atoms with Crippen molar-refractivity contribution in [1.82, 2.24) is 0 Å². The summed E-state index contributed by atoms with van der Waals surface area (Å²) in [6.45, 7) is 0.479. The number of carbonyl (C=O) groups excluding carboxylic acids is 1. The predicted molar refractivity (Wildman–Crippen MR) is 81.2 cm³/mol. The number of hydrogen-bond acceptors (Lipinski definition) is 3. The lowest BCUT2D eigenvalue weighted by molar-refractivity contribution is -0.141. The van der Waals surface area contributed by atoms with Crippen LogP contribution in [-0.4, -0.2) is 18.8 Å². The number of aliphatic imine (C=N–C) groups is 1. The highest BCUT2D eigenvalue weighted by atomic mass is 16.5. The number of fused-ring (bicyclic) bond motifs is 1. The van der Waals surface area contributed by atoms with E-state index in [-0.39, 0.29) is 5.97 Å². The quantitative estimate of drug-likeness (QED) is 0.742. The van der Waals surface area contributed by atoms with Gasteiger partial charge in [-0.3, -0.25) is 4.99 Å². The zero-order valence-corrected chi connectivity index (χ0v) is 12.0. The van der Waals surface area contributed by atoms with Crippen LogP contribution in [0.2, 0.25) is 0 Å². The minimum atomic E-state index is -0.128. The summed E-state index contributed by atoms with van der Waals surface area (Å²) in [4.78, 5) is 16.8. The van der Waals surface area contributed by atoms with E-state index in [1.54, 1.807) is 0 Å². The van der Waals surface area contributed by atoms with Crippen LogP contribution in [0.1, 0.15) is 30.4 Å². The second-order valence-electron chi connectivity index (χ2n) is 6.18. The Morgan fingerprint density at radius 3 is 2.67 bits per heavy atom. The molecule has 3 aliphatic rings. The molecule has 108 valence electrons. The maximum Gasteiger partial charge on any atom is 0.336 e. The molecular weight excluding hydrogens is 262 g/mol. The standard InChI is InChI=1S/C18H19NO2/c20-18-17-15(6-3-8-19-16(17)7-9-21-18)14-10-12-4-1-2-5-13(12)11-14/h1-2,4-5,8,14-15H,3,6-7,9-11H2. The first-order valence-corrected chi connectivity index (χ1v) is 7.82. The van der Waals surface area contributed by atoms with Gasteiger partial charge in [0, 0.05) is 12.6 Å². The van der Waals surface area contributed by atoms with Crippen LogP contribution in [-0.2, 0) is 22.4 Å². The predicted octanol–water partition coefficient (Wildman–Crippen LogP) is 3.08. The molecule has 1 unspecified atom stereocenters. The fourth-order valence-electron chi connectivity index (χ4n) is 3.99. The first-order valence-electron chi connectivity index (χ1n) is 7.82. The van der Waals surface area contributed by atoms with E-state index in [0.29, 0.717) is 18.4 Å². The fraction of sp³-hybridized carbons (Fsp3) is 0.444. The fourth-order valence-corrected chi connectivity index (χ4v) is 3.99. The monoisotopic (exact) mass is 281 g/mol. The van der Waals surface area contributed by atoms with Crippen molar-refractivity contribution in [2.24, 2.45) is 16.8 Å². The van der Waals surface area contributed by atoms with Crippen LogP contribution in [0.4, 0.5) is 0 Å². The molecule has 3 nitrogen and oxygen atoms in total. The molecular formula is C18H19NO2. The number of hydrogen-bond donors (Lipinski definition) is 0. The van der Waals surface area contributed by atoms with Crippen LogP contribution in [0, 0.1) is 11.8 Å². The number of esters is 1. The molecule has 1 aromatic carbocycles. The highest BCUT2D eigenvalue weighted by Crippen LogP contribution is 2.40. The third kappa shape index (κ3) is 2.21. The Hall–Kier alpha value is -1.90. The Labute approximate surface area is 124 Å². The second kappa shape index (κ2) is 5.14. The van der Waals surface area contributed by atoms with Crippen molar-refractivity contribution >= 4 is 12.2 Å². The van der Waals surface area contributed by atoms with Crippen molar-refractivity contribution < 1.29 is 9.53 Å². The highest BCUT2D eigenvalue weighted by Gasteiger charge is 2.37. The van der Waals surface area contributed by atoms with Crippen LogP contribution in [0.5, 0.6) is 0 Å². The largest absolute Gasteiger partial charge is 0.462 e. The third-order valence-electron chi connectivity index (χ3n) is 4.98. The number of cyclic esters (lactones) is 1. The van der Waals surface area contributed by atoms with Gasteiger partial charge in [0.15, 0.2) is 0 Å². The first kappa shape index (κ1) is 12.8. The molecule has 0 aromatic heterocycles. The minimum Gasteiger partial charge on any atom is -0.462 e. The maximum atomic E-state index is 12.3. The highest BCUT2D eigenvalue weighted by molar-refractivity contribution is 5.91. The zero-order chi connectivity index (χ0) is 14.2. The molecule has 21 heavy (non-hydrogen) atoms. The average molecular weight is 281 g/mol. The lowest BCUT2D eigenvalue weighted by Gasteiger charge is -2.27. The molecule has 0 saturated heterocycles. The average Bonchev–Trinajstić information content (AvgIpc) is 2.80. The van der Waals surface area contributed by atoms with E-state index in [0.717, 1.165) is 43.4 Å². The third-order valence-corrected chi connectivity index (χ3v) is 4.98. The lowest BCUT2D eigenvalue weighted by atomic mass is 9.79. The molecule has 0 spiro atoms. The van der Waals surface area contributed by atoms with Crippen molar-refractivity contribution in [3.8, 4) is 0 Å². The van der Waals surface area contributed by atoms with E-state index in [9.17, 15) is 4.79 Å². The van der Waals surface area contributed by atoms with E-state index in [4.69, 9.17) is 4.74 Å². The molecule has 0 radical (unpaired) electrons. The van der Waals surface area contributed by atoms with E-state index in [2.05, 4.69) is 29.3 Å². The number of nitrogens with zero attached hydrogens (tertiary/aromatic N) is 1. The molecule has 4 rings (SSSR count). The molecule has 1 aromatic rings.